The number of hydrogen-bond acceptors (Lipinski definition) is 7. The fourth-order valence-electron chi connectivity index (χ4n) is 4.77. The predicted molar refractivity (Wildman–Crippen MR) is 138 cm³/mol. The van der Waals surface area contributed by atoms with Crippen molar-refractivity contribution in [1.82, 2.24) is 4.98 Å². The molecule has 0 fully saturated rings. The fraction of sp³-hybridized carbons (Fsp3) is 0.207. The van der Waals surface area contributed by atoms with Crippen LogP contribution in [0.15, 0.2) is 65.3 Å². The van der Waals surface area contributed by atoms with Crippen molar-refractivity contribution in [2.75, 3.05) is 25.1 Å². The highest BCUT2D eigenvalue weighted by Gasteiger charge is 2.26. The van der Waals surface area contributed by atoms with Crippen LogP contribution in [-0.4, -0.2) is 36.7 Å². The molecule has 37 heavy (non-hydrogen) atoms. The molecule has 0 spiro atoms. The number of amides is 1. The number of anilines is 1. The Morgan fingerprint density at radius 1 is 1.00 bits per heavy atom. The van der Waals surface area contributed by atoms with Gasteiger partial charge in [-0.3, -0.25) is 4.79 Å². The van der Waals surface area contributed by atoms with Gasteiger partial charge in [-0.15, -0.1) is 0 Å². The number of allylic oxidation sites excluding steroid dienone is 1. The number of rotatable bonds is 5. The summed E-state index contributed by atoms with van der Waals surface area (Å²) >= 11 is 0. The molecule has 1 aliphatic carbocycles. The molecule has 1 aliphatic heterocycles. The zero-order chi connectivity index (χ0) is 25.2. The van der Waals surface area contributed by atoms with E-state index in [0.29, 0.717) is 53.3 Å². The van der Waals surface area contributed by atoms with Crippen LogP contribution in [0.2, 0.25) is 0 Å². The Balaban J connectivity index is 1.25. The van der Waals surface area contributed by atoms with Crippen LogP contribution in [0.4, 0.5) is 5.69 Å². The second-order valence-corrected chi connectivity index (χ2v) is 8.85. The number of ether oxygens (including phenoxy) is 3. The Bertz CT molecular complexity index is 1520. The van der Waals surface area contributed by atoms with Gasteiger partial charge in [-0.25, -0.2) is 9.78 Å². The van der Waals surface area contributed by atoms with Crippen molar-refractivity contribution in [2.45, 2.75) is 19.3 Å². The highest BCUT2D eigenvalue weighted by Crippen LogP contribution is 2.36. The van der Waals surface area contributed by atoms with Gasteiger partial charge in [0.25, 0.3) is 5.91 Å². The van der Waals surface area contributed by atoms with Gasteiger partial charge in [0.05, 0.1) is 23.0 Å². The van der Waals surface area contributed by atoms with Gasteiger partial charge in [0.2, 0.25) is 0 Å². The second kappa shape index (κ2) is 9.81. The summed E-state index contributed by atoms with van der Waals surface area (Å²) in [7, 11) is 0. The van der Waals surface area contributed by atoms with E-state index in [2.05, 4.69) is 5.32 Å². The number of nitrogens with zero attached hydrogens (tertiary/aromatic N) is 1. The van der Waals surface area contributed by atoms with Gasteiger partial charge in [0.1, 0.15) is 19.0 Å². The summed E-state index contributed by atoms with van der Waals surface area (Å²) in [5.41, 5.74) is 4.30. The summed E-state index contributed by atoms with van der Waals surface area (Å²) < 4.78 is 22.1. The van der Waals surface area contributed by atoms with Crippen LogP contribution in [0.25, 0.3) is 22.6 Å². The molecule has 1 N–H and O–H groups in total. The van der Waals surface area contributed by atoms with Crippen LogP contribution >= 0.6 is 0 Å². The SMILES string of the molecule is O=C(COC(=O)c1c2c(nc3ccccc13)/C(=C/c1ccco1)CCC2)Nc1ccc2c(c1)OCCO2. The Hall–Kier alpha value is -4.59. The highest BCUT2D eigenvalue weighted by atomic mass is 16.6. The van der Waals surface area contributed by atoms with E-state index < -0.39 is 18.5 Å². The minimum atomic E-state index is -0.550. The molecule has 0 saturated carbocycles. The van der Waals surface area contributed by atoms with Crippen molar-refractivity contribution < 1.29 is 28.2 Å². The number of nitrogens with one attached hydrogen (secondary N) is 1. The fourth-order valence-corrected chi connectivity index (χ4v) is 4.77. The monoisotopic (exact) mass is 496 g/mol. The van der Waals surface area contributed by atoms with E-state index in [0.717, 1.165) is 35.4 Å². The van der Waals surface area contributed by atoms with Gasteiger partial charge in [0, 0.05) is 17.1 Å². The molecular formula is C29H24N2O6. The van der Waals surface area contributed by atoms with Crippen molar-refractivity contribution in [3.05, 3.63) is 83.4 Å². The second-order valence-electron chi connectivity index (χ2n) is 8.85. The molecule has 8 nitrogen and oxygen atoms in total. The molecule has 1 amide bonds. The average molecular weight is 497 g/mol. The van der Waals surface area contributed by atoms with E-state index in [1.54, 1.807) is 24.5 Å². The Labute approximate surface area is 212 Å². The van der Waals surface area contributed by atoms with Gasteiger partial charge in [-0.1, -0.05) is 18.2 Å². The van der Waals surface area contributed by atoms with Crippen LogP contribution in [0.3, 0.4) is 0 Å². The molecule has 0 radical (unpaired) electrons. The molecule has 0 bridgehead atoms. The predicted octanol–water partition coefficient (Wildman–Crippen LogP) is 5.27. The molecule has 186 valence electrons. The maximum Gasteiger partial charge on any atom is 0.339 e. The maximum absolute atomic E-state index is 13.4. The third-order valence-corrected chi connectivity index (χ3v) is 6.39. The van der Waals surface area contributed by atoms with Crippen LogP contribution in [0.5, 0.6) is 11.5 Å². The van der Waals surface area contributed by atoms with Gasteiger partial charge >= 0.3 is 5.97 Å². The summed E-state index contributed by atoms with van der Waals surface area (Å²) in [4.78, 5) is 30.9. The topological polar surface area (TPSA) is 99.9 Å². The summed E-state index contributed by atoms with van der Waals surface area (Å²) in [5.74, 6) is 0.930. The van der Waals surface area contributed by atoms with Gasteiger partial charge in [-0.2, -0.15) is 0 Å². The molecule has 0 saturated heterocycles. The third kappa shape index (κ3) is 4.65. The number of aromatic nitrogens is 1. The Morgan fingerprint density at radius 2 is 1.86 bits per heavy atom. The van der Waals surface area contributed by atoms with Crippen molar-refractivity contribution >= 4 is 40.1 Å². The molecule has 0 unspecified atom stereocenters. The Morgan fingerprint density at radius 3 is 2.73 bits per heavy atom. The Kier molecular flexibility index (Phi) is 6.06. The van der Waals surface area contributed by atoms with E-state index in [1.165, 1.54) is 0 Å². The first-order chi connectivity index (χ1) is 18.2. The number of carbonyl (C=O) groups excluding carboxylic acids is 2. The first-order valence-corrected chi connectivity index (χ1v) is 12.2. The molecule has 4 aromatic rings. The molecule has 6 rings (SSSR count). The highest BCUT2D eigenvalue weighted by molar-refractivity contribution is 6.07. The number of hydrogen-bond donors (Lipinski definition) is 1. The van der Waals surface area contributed by atoms with E-state index in [-0.39, 0.29) is 0 Å². The summed E-state index contributed by atoms with van der Waals surface area (Å²) in [6.45, 7) is 0.514. The summed E-state index contributed by atoms with van der Waals surface area (Å²) in [5, 5.41) is 3.45. The number of carbonyl (C=O) groups is 2. The van der Waals surface area contributed by atoms with Crippen molar-refractivity contribution in [1.29, 1.82) is 0 Å². The maximum atomic E-state index is 13.4. The number of pyridine rings is 1. The van der Waals surface area contributed by atoms with Gasteiger partial charge in [0.15, 0.2) is 18.1 Å². The molecule has 3 heterocycles. The molecule has 8 heteroatoms. The normalized spacial score (nSPS) is 15.3. The van der Waals surface area contributed by atoms with E-state index in [1.807, 2.05) is 42.5 Å². The van der Waals surface area contributed by atoms with Crippen molar-refractivity contribution in [3.63, 3.8) is 0 Å². The number of furan rings is 1. The van der Waals surface area contributed by atoms with Crippen molar-refractivity contribution in [3.8, 4) is 11.5 Å². The van der Waals surface area contributed by atoms with E-state index in [9.17, 15) is 9.59 Å². The summed E-state index contributed by atoms with van der Waals surface area (Å²) in [6.07, 6.45) is 5.98. The quantitative estimate of drug-likeness (QED) is 0.376. The molecule has 2 aromatic carbocycles. The standard InChI is InChI=1S/C29H24N2O6/c32-26(30-19-10-11-24-25(16-19)36-14-13-35-24)17-37-29(33)27-21-7-1-2-9-23(21)31-28-18(5-3-8-22(27)28)15-20-6-4-12-34-20/h1-2,4,6-7,9-12,15-16H,3,5,8,13-14,17H2,(H,30,32)/b18-15+. The summed E-state index contributed by atoms with van der Waals surface area (Å²) in [6, 6.07) is 16.3. The van der Waals surface area contributed by atoms with Crippen LogP contribution in [0, 0.1) is 0 Å². The first kappa shape index (κ1) is 22.8. The largest absolute Gasteiger partial charge is 0.486 e. The van der Waals surface area contributed by atoms with Gasteiger partial charge in [-0.05, 0) is 66.8 Å². The number of para-hydroxylation sites is 1. The van der Waals surface area contributed by atoms with Crippen LogP contribution in [0.1, 0.15) is 40.2 Å². The van der Waals surface area contributed by atoms with Crippen LogP contribution in [-0.2, 0) is 16.0 Å². The number of esters is 1. The smallest absolute Gasteiger partial charge is 0.339 e. The minimum Gasteiger partial charge on any atom is -0.486 e. The number of fused-ring (bicyclic) bond motifs is 3. The third-order valence-electron chi connectivity index (χ3n) is 6.39. The molecule has 2 aliphatic rings. The molecule has 0 atom stereocenters. The average Bonchev–Trinajstić information content (AvgIpc) is 3.44. The minimum absolute atomic E-state index is 0.423. The zero-order valence-corrected chi connectivity index (χ0v) is 20.0. The van der Waals surface area contributed by atoms with E-state index in [4.69, 9.17) is 23.6 Å². The zero-order valence-electron chi connectivity index (χ0n) is 20.0. The molecular weight excluding hydrogens is 472 g/mol. The lowest BCUT2D eigenvalue weighted by Gasteiger charge is -2.22. The lowest BCUT2D eigenvalue weighted by molar-refractivity contribution is -0.119. The lowest BCUT2D eigenvalue weighted by atomic mass is 9.86. The first-order valence-electron chi connectivity index (χ1n) is 12.2. The number of benzene rings is 2. The van der Waals surface area contributed by atoms with Crippen molar-refractivity contribution in [2.24, 2.45) is 0 Å². The lowest BCUT2D eigenvalue weighted by Crippen LogP contribution is -2.23. The molecule has 2 aromatic heterocycles. The van der Waals surface area contributed by atoms with Gasteiger partial charge < -0.3 is 23.9 Å². The van der Waals surface area contributed by atoms with E-state index >= 15 is 0 Å². The van der Waals surface area contributed by atoms with Crippen LogP contribution < -0.4 is 14.8 Å².